The van der Waals surface area contributed by atoms with E-state index in [0.29, 0.717) is 19.3 Å². The molecule has 5 nitrogen and oxygen atoms in total. The van der Waals surface area contributed by atoms with Gasteiger partial charge in [-0.2, -0.15) is 0 Å². The van der Waals surface area contributed by atoms with Crippen molar-refractivity contribution in [3.63, 3.8) is 0 Å². The molecule has 0 aliphatic heterocycles. The van der Waals surface area contributed by atoms with Crippen molar-refractivity contribution in [1.82, 2.24) is 5.32 Å². The summed E-state index contributed by atoms with van der Waals surface area (Å²) in [4.78, 5) is 12.4. The van der Waals surface area contributed by atoms with Crippen LogP contribution in [0.3, 0.4) is 0 Å². The van der Waals surface area contributed by atoms with Gasteiger partial charge in [0.1, 0.15) is 11.2 Å². The molecule has 1 aliphatic carbocycles. The molecule has 1 aromatic rings. The van der Waals surface area contributed by atoms with Crippen LogP contribution in [-0.4, -0.2) is 23.0 Å². The van der Waals surface area contributed by atoms with Crippen LogP contribution in [0.4, 0.5) is 4.39 Å². The van der Waals surface area contributed by atoms with E-state index in [9.17, 15) is 9.18 Å². The van der Waals surface area contributed by atoms with Crippen molar-refractivity contribution >= 4 is 11.7 Å². The van der Waals surface area contributed by atoms with Gasteiger partial charge >= 0.3 is 0 Å². The highest BCUT2D eigenvalue weighted by atomic mass is 19.1. The van der Waals surface area contributed by atoms with Crippen molar-refractivity contribution in [2.75, 3.05) is 0 Å². The van der Waals surface area contributed by atoms with Gasteiger partial charge in [-0.05, 0) is 43.9 Å². The van der Waals surface area contributed by atoms with Gasteiger partial charge in [-0.1, -0.05) is 23.7 Å². The lowest BCUT2D eigenvalue weighted by atomic mass is 9.67. The number of hydrogen-bond acceptors (Lipinski definition) is 3. The molecule has 4 N–H and O–H groups in total. The van der Waals surface area contributed by atoms with E-state index in [1.807, 2.05) is 6.92 Å². The van der Waals surface area contributed by atoms with Crippen molar-refractivity contribution in [1.29, 1.82) is 0 Å². The predicted octanol–water partition coefficient (Wildman–Crippen LogP) is 1.79. The van der Waals surface area contributed by atoms with E-state index in [4.69, 9.17) is 10.9 Å². The van der Waals surface area contributed by atoms with Gasteiger partial charge < -0.3 is 16.3 Å². The largest absolute Gasteiger partial charge is 0.409 e. The number of carbonyl (C=O) groups is 1. The highest BCUT2D eigenvalue weighted by Gasteiger charge is 2.48. The number of halogens is 1. The Morgan fingerprint density at radius 3 is 2.57 bits per heavy atom. The summed E-state index contributed by atoms with van der Waals surface area (Å²) in [6.07, 6.45) is 2.67. The highest BCUT2D eigenvalue weighted by molar-refractivity contribution is 6.07. The molecule has 1 amide bonds. The maximum atomic E-state index is 12.9. The number of nitrogens with zero attached hydrogens (tertiary/aromatic N) is 1. The lowest BCUT2D eigenvalue weighted by molar-refractivity contribution is -0.131. The number of nitrogens with one attached hydrogen (secondary N) is 1. The number of nitrogens with two attached hydrogens (primary N) is 1. The Morgan fingerprint density at radius 2 is 2.10 bits per heavy atom. The van der Waals surface area contributed by atoms with Crippen molar-refractivity contribution in [2.45, 2.75) is 38.6 Å². The SMILES string of the molecule is CC(Cc1ccc(F)cc1)NC(=O)C1(/C(N)=N/O)CCC1. The second kappa shape index (κ2) is 6.11. The Kier molecular flexibility index (Phi) is 4.45. The molecule has 0 saturated heterocycles. The summed E-state index contributed by atoms with van der Waals surface area (Å²) in [5.74, 6) is -0.519. The summed E-state index contributed by atoms with van der Waals surface area (Å²) < 4.78 is 12.9. The van der Waals surface area contributed by atoms with Crippen LogP contribution in [0, 0.1) is 11.2 Å². The summed E-state index contributed by atoms with van der Waals surface area (Å²) in [5, 5.41) is 14.7. The van der Waals surface area contributed by atoms with Crippen molar-refractivity contribution in [3.8, 4) is 0 Å². The number of rotatable bonds is 5. The van der Waals surface area contributed by atoms with Crippen molar-refractivity contribution < 1.29 is 14.4 Å². The lowest BCUT2D eigenvalue weighted by Gasteiger charge is -2.39. The molecule has 2 rings (SSSR count). The lowest BCUT2D eigenvalue weighted by Crippen LogP contribution is -2.55. The summed E-state index contributed by atoms with van der Waals surface area (Å²) in [7, 11) is 0. The van der Waals surface area contributed by atoms with Crippen LogP contribution >= 0.6 is 0 Å². The fourth-order valence-corrected chi connectivity index (χ4v) is 2.61. The van der Waals surface area contributed by atoms with Crippen LogP contribution in [0.5, 0.6) is 0 Å². The number of carbonyl (C=O) groups excluding carboxylic acids is 1. The Hall–Kier alpha value is -2.11. The minimum atomic E-state index is -0.869. The van der Waals surface area contributed by atoms with Crippen LogP contribution in [0.15, 0.2) is 29.4 Å². The van der Waals surface area contributed by atoms with Gasteiger partial charge in [0.2, 0.25) is 5.91 Å². The second-order valence-electron chi connectivity index (χ2n) is 5.63. The van der Waals surface area contributed by atoms with Gasteiger partial charge in [0, 0.05) is 6.04 Å². The Bertz CT molecular complexity index is 538. The third-order valence-electron chi connectivity index (χ3n) is 4.07. The average Bonchev–Trinajstić information content (AvgIpc) is 2.39. The number of amides is 1. The van der Waals surface area contributed by atoms with Crippen LogP contribution in [0.25, 0.3) is 0 Å². The standard InChI is InChI=1S/C15H20FN3O2/c1-10(9-11-3-5-12(16)6-4-11)18-14(20)15(7-2-8-15)13(17)19-21/h3-6,10,21H,2,7-9H2,1H3,(H2,17,19)(H,18,20). The Labute approximate surface area is 123 Å². The quantitative estimate of drug-likeness (QED) is 0.335. The van der Waals surface area contributed by atoms with Gasteiger partial charge in [0.05, 0.1) is 0 Å². The minimum Gasteiger partial charge on any atom is -0.409 e. The first-order valence-electron chi connectivity index (χ1n) is 7.01. The van der Waals surface area contributed by atoms with Gasteiger partial charge in [0.15, 0.2) is 5.84 Å². The predicted molar refractivity (Wildman–Crippen MR) is 77.4 cm³/mol. The molecular formula is C15H20FN3O2. The van der Waals surface area contributed by atoms with Gasteiger partial charge in [-0.3, -0.25) is 4.79 Å². The zero-order valence-corrected chi connectivity index (χ0v) is 12.0. The first-order chi connectivity index (χ1) is 9.98. The zero-order valence-electron chi connectivity index (χ0n) is 12.0. The monoisotopic (exact) mass is 293 g/mol. The maximum Gasteiger partial charge on any atom is 0.234 e. The third-order valence-corrected chi connectivity index (χ3v) is 4.07. The van der Waals surface area contributed by atoms with Gasteiger partial charge in [-0.25, -0.2) is 4.39 Å². The number of hydrogen-bond donors (Lipinski definition) is 3. The Balaban J connectivity index is 1.97. The molecule has 21 heavy (non-hydrogen) atoms. The van der Waals surface area contributed by atoms with E-state index in [1.165, 1.54) is 12.1 Å². The summed E-state index contributed by atoms with van der Waals surface area (Å²) in [6.45, 7) is 1.87. The van der Waals surface area contributed by atoms with E-state index < -0.39 is 5.41 Å². The van der Waals surface area contributed by atoms with E-state index in [-0.39, 0.29) is 23.6 Å². The molecule has 0 spiro atoms. The van der Waals surface area contributed by atoms with Crippen LogP contribution in [0.1, 0.15) is 31.7 Å². The van der Waals surface area contributed by atoms with Gasteiger partial charge in [-0.15, -0.1) is 0 Å². The molecule has 6 heteroatoms. The topological polar surface area (TPSA) is 87.7 Å². The van der Waals surface area contributed by atoms with E-state index in [0.717, 1.165) is 12.0 Å². The van der Waals surface area contributed by atoms with E-state index in [1.54, 1.807) is 12.1 Å². The molecule has 1 fully saturated rings. The molecule has 1 unspecified atom stereocenters. The molecule has 1 atom stereocenters. The molecule has 1 saturated carbocycles. The molecule has 0 aromatic heterocycles. The smallest absolute Gasteiger partial charge is 0.234 e. The third kappa shape index (κ3) is 3.15. The number of amidine groups is 1. The molecular weight excluding hydrogens is 273 g/mol. The van der Waals surface area contributed by atoms with E-state index >= 15 is 0 Å². The van der Waals surface area contributed by atoms with Crippen LogP contribution in [-0.2, 0) is 11.2 Å². The van der Waals surface area contributed by atoms with Crippen molar-refractivity contribution in [3.05, 3.63) is 35.6 Å². The summed E-state index contributed by atoms with van der Waals surface area (Å²) >= 11 is 0. The molecule has 0 heterocycles. The fourth-order valence-electron chi connectivity index (χ4n) is 2.61. The van der Waals surface area contributed by atoms with E-state index in [2.05, 4.69) is 10.5 Å². The zero-order chi connectivity index (χ0) is 15.5. The highest BCUT2D eigenvalue weighted by Crippen LogP contribution is 2.41. The number of oxime groups is 1. The molecule has 0 bridgehead atoms. The molecule has 114 valence electrons. The Morgan fingerprint density at radius 1 is 1.48 bits per heavy atom. The van der Waals surface area contributed by atoms with Crippen molar-refractivity contribution in [2.24, 2.45) is 16.3 Å². The van der Waals surface area contributed by atoms with Crippen LogP contribution in [0.2, 0.25) is 0 Å². The van der Waals surface area contributed by atoms with Gasteiger partial charge in [0.25, 0.3) is 0 Å². The summed E-state index contributed by atoms with van der Waals surface area (Å²) in [5.41, 5.74) is 5.73. The number of benzene rings is 1. The second-order valence-corrected chi connectivity index (χ2v) is 5.63. The molecule has 1 aromatic carbocycles. The molecule has 1 aliphatic rings. The average molecular weight is 293 g/mol. The first-order valence-corrected chi connectivity index (χ1v) is 7.01. The fraction of sp³-hybridized carbons (Fsp3) is 0.467. The minimum absolute atomic E-state index is 0.0276. The maximum absolute atomic E-state index is 12.9. The molecule has 0 radical (unpaired) electrons. The van der Waals surface area contributed by atoms with Crippen LogP contribution < -0.4 is 11.1 Å². The summed E-state index contributed by atoms with van der Waals surface area (Å²) in [6, 6.07) is 6.06. The first kappa shape index (κ1) is 15.3. The normalized spacial score (nSPS) is 18.7.